The molecule has 1 aromatic carbocycles. The number of hydrogen-bond acceptors (Lipinski definition) is 3. The van der Waals surface area contributed by atoms with Crippen molar-refractivity contribution in [3.05, 3.63) is 23.2 Å². The molecule has 0 saturated heterocycles. The highest BCUT2D eigenvalue weighted by atomic mass is 35.5. The van der Waals surface area contributed by atoms with E-state index in [0.29, 0.717) is 16.4 Å². The fourth-order valence-corrected chi connectivity index (χ4v) is 2.23. The molecule has 0 aliphatic rings. The fraction of sp³-hybridized carbons (Fsp3) is 0.417. The van der Waals surface area contributed by atoms with Crippen LogP contribution in [0.5, 0.6) is 0 Å². The van der Waals surface area contributed by atoms with Gasteiger partial charge in [0.05, 0.1) is 16.6 Å². The molecule has 1 aromatic rings. The van der Waals surface area contributed by atoms with E-state index in [9.17, 15) is 4.79 Å². The largest absolute Gasteiger partial charge is 0.397 e. The summed E-state index contributed by atoms with van der Waals surface area (Å²) >= 11 is 7.42. The number of halogens is 1. The van der Waals surface area contributed by atoms with Crippen molar-refractivity contribution in [3.63, 3.8) is 0 Å². The van der Waals surface area contributed by atoms with Crippen LogP contribution in [0.4, 0.5) is 11.4 Å². The van der Waals surface area contributed by atoms with Crippen LogP contribution in [0.3, 0.4) is 0 Å². The Morgan fingerprint density at radius 2 is 2.29 bits per heavy atom. The summed E-state index contributed by atoms with van der Waals surface area (Å²) in [4.78, 5) is 11.8. The summed E-state index contributed by atoms with van der Waals surface area (Å²) < 4.78 is 0. The Kier molecular flexibility index (Phi) is 5.65. The van der Waals surface area contributed by atoms with Crippen molar-refractivity contribution < 1.29 is 4.79 Å². The van der Waals surface area contributed by atoms with Gasteiger partial charge >= 0.3 is 0 Å². The molecule has 17 heavy (non-hydrogen) atoms. The Bertz CT molecular complexity index is 398. The monoisotopic (exact) mass is 272 g/mol. The Morgan fingerprint density at radius 1 is 1.59 bits per heavy atom. The minimum Gasteiger partial charge on any atom is -0.397 e. The van der Waals surface area contributed by atoms with E-state index in [1.54, 1.807) is 30.0 Å². The minimum absolute atomic E-state index is 0.0301. The quantitative estimate of drug-likeness (QED) is 0.808. The molecule has 3 nitrogen and oxygen atoms in total. The Hall–Kier alpha value is -0.870. The number of nitrogens with two attached hydrogens (primary N) is 1. The minimum atomic E-state index is -0.0787. The van der Waals surface area contributed by atoms with Crippen molar-refractivity contribution in [1.29, 1.82) is 0 Å². The van der Waals surface area contributed by atoms with Crippen molar-refractivity contribution in [3.8, 4) is 0 Å². The number of carbonyl (C=O) groups excluding carboxylic acids is 1. The van der Waals surface area contributed by atoms with Gasteiger partial charge in [-0.3, -0.25) is 4.79 Å². The number of benzene rings is 1. The number of carbonyl (C=O) groups is 1. The lowest BCUT2D eigenvalue weighted by Crippen LogP contribution is -2.23. The second kappa shape index (κ2) is 6.77. The van der Waals surface area contributed by atoms with Gasteiger partial charge in [-0.25, -0.2) is 0 Å². The van der Waals surface area contributed by atoms with Gasteiger partial charge in [-0.1, -0.05) is 18.5 Å². The molecule has 1 rings (SSSR count). The first-order chi connectivity index (χ1) is 8.04. The van der Waals surface area contributed by atoms with Crippen LogP contribution in [0.1, 0.15) is 20.3 Å². The molecule has 0 radical (unpaired) electrons. The zero-order valence-corrected chi connectivity index (χ0v) is 11.6. The Labute approximate surface area is 111 Å². The first kappa shape index (κ1) is 14.2. The highest BCUT2D eigenvalue weighted by molar-refractivity contribution is 8.00. The normalized spacial score (nSPS) is 12.2. The second-order valence-corrected chi connectivity index (χ2v) is 5.62. The third kappa shape index (κ3) is 4.48. The number of rotatable bonds is 5. The van der Waals surface area contributed by atoms with Crippen LogP contribution in [0.2, 0.25) is 5.02 Å². The molecule has 3 N–H and O–H groups in total. The second-order valence-electron chi connectivity index (χ2n) is 3.73. The molecule has 0 bridgehead atoms. The van der Waals surface area contributed by atoms with E-state index in [1.807, 2.05) is 6.92 Å². The third-order valence-corrected chi connectivity index (χ3v) is 3.81. The molecule has 0 aliphatic carbocycles. The molecule has 1 unspecified atom stereocenters. The van der Waals surface area contributed by atoms with Gasteiger partial charge in [0.2, 0.25) is 5.91 Å². The lowest BCUT2D eigenvalue weighted by atomic mass is 10.2. The van der Waals surface area contributed by atoms with E-state index in [1.165, 1.54) is 0 Å². The maximum atomic E-state index is 11.8. The van der Waals surface area contributed by atoms with E-state index in [4.69, 9.17) is 17.3 Å². The van der Waals surface area contributed by atoms with E-state index >= 15 is 0 Å². The number of nitrogens with one attached hydrogen (secondary N) is 1. The van der Waals surface area contributed by atoms with Crippen molar-refractivity contribution in [2.24, 2.45) is 0 Å². The van der Waals surface area contributed by atoms with Gasteiger partial charge < -0.3 is 11.1 Å². The summed E-state index contributed by atoms with van der Waals surface area (Å²) in [6, 6.07) is 5.05. The molecule has 1 amide bonds. The molecule has 5 heteroatoms. The van der Waals surface area contributed by atoms with Crippen LogP contribution in [-0.2, 0) is 4.79 Å². The zero-order valence-electron chi connectivity index (χ0n) is 10.00. The predicted molar refractivity (Wildman–Crippen MR) is 76.7 cm³/mol. The van der Waals surface area contributed by atoms with Gasteiger partial charge in [-0.2, -0.15) is 0 Å². The van der Waals surface area contributed by atoms with Gasteiger partial charge in [0.1, 0.15) is 0 Å². The topological polar surface area (TPSA) is 55.1 Å². The van der Waals surface area contributed by atoms with E-state index in [2.05, 4.69) is 12.2 Å². The van der Waals surface area contributed by atoms with Crippen LogP contribution < -0.4 is 11.1 Å². The summed E-state index contributed by atoms with van der Waals surface area (Å²) in [5.74, 6) is 0.947. The SMILES string of the molecule is CCCSC(C)C(=O)Nc1ccc(Cl)cc1N. The van der Waals surface area contributed by atoms with E-state index in [0.717, 1.165) is 12.2 Å². The van der Waals surface area contributed by atoms with Crippen LogP contribution in [0.15, 0.2) is 18.2 Å². The maximum absolute atomic E-state index is 11.8. The van der Waals surface area contributed by atoms with Gasteiger partial charge in [0, 0.05) is 5.02 Å². The molecule has 0 saturated carbocycles. The van der Waals surface area contributed by atoms with Gasteiger partial charge in [-0.05, 0) is 37.3 Å². The summed E-state index contributed by atoms with van der Waals surface area (Å²) in [5, 5.41) is 3.29. The lowest BCUT2D eigenvalue weighted by Gasteiger charge is -2.13. The average Bonchev–Trinajstić information content (AvgIpc) is 2.29. The molecule has 0 aromatic heterocycles. The highest BCUT2D eigenvalue weighted by Crippen LogP contribution is 2.23. The molecular weight excluding hydrogens is 256 g/mol. The smallest absolute Gasteiger partial charge is 0.237 e. The van der Waals surface area contributed by atoms with E-state index in [-0.39, 0.29) is 11.2 Å². The predicted octanol–water partition coefficient (Wildman–Crippen LogP) is 3.39. The van der Waals surface area contributed by atoms with Gasteiger partial charge in [-0.15, -0.1) is 11.8 Å². The first-order valence-corrected chi connectivity index (χ1v) is 6.94. The molecular formula is C12H17ClN2OS. The molecule has 0 spiro atoms. The zero-order chi connectivity index (χ0) is 12.8. The number of amides is 1. The van der Waals surface area contributed by atoms with Crippen LogP contribution in [0, 0.1) is 0 Å². The number of hydrogen-bond donors (Lipinski definition) is 2. The van der Waals surface area contributed by atoms with E-state index < -0.39 is 0 Å². The van der Waals surface area contributed by atoms with Crippen molar-refractivity contribution in [2.75, 3.05) is 16.8 Å². The molecule has 0 fully saturated rings. The molecule has 94 valence electrons. The van der Waals surface area contributed by atoms with Crippen molar-refractivity contribution in [1.82, 2.24) is 0 Å². The van der Waals surface area contributed by atoms with Crippen LogP contribution in [-0.4, -0.2) is 16.9 Å². The van der Waals surface area contributed by atoms with Crippen molar-refractivity contribution >= 4 is 40.6 Å². The summed E-state index contributed by atoms with van der Waals surface area (Å²) in [6.45, 7) is 3.98. The molecule has 0 heterocycles. The summed E-state index contributed by atoms with van der Waals surface area (Å²) in [5.41, 5.74) is 6.86. The standard InChI is InChI=1S/C12H17ClN2OS/c1-3-6-17-8(2)12(16)15-11-5-4-9(13)7-10(11)14/h4-5,7-8H,3,6,14H2,1-2H3,(H,15,16). The molecule has 1 atom stereocenters. The average molecular weight is 273 g/mol. The lowest BCUT2D eigenvalue weighted by molar-refractivity contribution is -0.115. The van der Waals surface area contributed by atoms with Crippen molar-refractivity contribution in [2.45, 2.75) is 25.5 Å². The van der Waals surface area contributed by atoms with Crippen LogP contribution in [0.25, 0.3) is 0 Å². The number of anilines is 2. The summed E-state index contributed by atoms with van der Waals surface area (Å²) in [6.07, 6.45) is 1.06. The number of thioether (sulfide) groups is 1. The van der Waals surface area contributed by atoms with Crippen LogP contribution >= 0.6 is 23.4 Å². The Morgan fingerprint density at radius 3 is 2.88 bits per heavy atom. The number of nitrogen functional groups attached to an aromatic ring is 1. The Balaban J connectivity index is 2.61. The highest BCUT2D eigenvalue weighted by Gasteiger charge is 2.13. The molecule has 0 aliphatic heterocycles. The summed E-state index contributed by atoms with van der Waals surface area (Å²) in [7, 11) is 0. The maximum Gasteiger partial charge on any atom is 0.237 e. The first-order valence-electron chi connectivity index (χ1n) is 5.52. The third-order valence-electron chi connectivity index (χ3n) is 2.21. The fourth-order valence-electron chi connectivity index (χ4n) is 1.25. The van der Waals surface area contributed by atoms with Gasteiger partial charge in [0.15, 0.2) is 0 Å². The van der Waals surface area contributed by atoms with Gasteiger partial charge in [0.25, 0.3) is 0 Å².